The van der Waals surface area contributed by atoms with E-state index in [1.807, 2.05) is 10.7 Å². The highest BCUT2D eigenvalue weighted by Gasteiger charge is 2.17. The third kappa shape index (κ3) is 1.34. The lowest BCUT2D eigenvalue weighted by molar-refractivity contribution is 0.680. The Labute approximate surface area is 94.3 Å². The van der Waals surface area contributed by atoms with E-state index in [9.17, 15) is 0 Å². The van der Waals surface area contributed by atoms with Gasteiger partial charge >= 0.3 is 0 Å². The fourth-order valence-corrected chi connectivity index (χ4v) is 2.16. The monoisotopic (exact) mass is 214 g/mol. The zero-order valence-corrected chi connectivity index (χ0v) is 9.27. The number of aromatic nitrogens is 3. The molecule has 4 heteroatoms. The number of benzene rings is 1. The minimum Gasteiger partial charge on any atom is -0.307 e. The van der Waals surface area contributed by atoms with Gasteiger partial charge in [0.25, 0.3) is 0 Å². The molecule has 0 radical (unpaired) electrons. The van der Waals surface area contributed by atoms with E-state index in [0.717, 1.165) is 30.9 Å². The van der Waals surface area contributed by atoms with Crippen LogP contribution in [0.5, 0.6) is 0 Å². The van der Waals surface area contributed by atoms with E-state index in [2.05, 4.69) is 40.8 Å². The van der Waals surface area contributed by atoms with Crippen LogP contribution < -0.4 is 5.32 Å². The van der Waals surface area contributed by atoms with E-state index >= 15 is 0 Å². The molecule has 0 saturated carbocycles. The van der Waals surface area contributed by atoms with Gasteiger partial charge in [0.2, 0.25) is 0 Å². The Balaban J connectivity index is 2.22. The van der Waals surface area contributed by atoms with Gasteiger partial charge in [-0.15, -0.1) is 5.10 Å². The smallest absolute Gasteiger partial charge is 0.0874 e. The predicted octanol–water partition coefficient (Wildman–Crippen LogP) is 1.43. The third-order valence-corrected chi connectivity index (χ3v) is 3.01. The Morgan fingerprint density at radius 2 is 2.19 bits per heavy atom. The van der Waals surface area contributed by atoms with Crippen molar-refractivity contribution in [3.63, 3.8) is 0 Å². The fourth-order valence-electron chi connectivity index (χ4n) is 2.16. The topological polar surface area (TPSA) is 42.7 Å². The number of rotatable bonds is 1. The summed E-state index contributed by atoms with van der Waals surface area (Å²) in [6, 6.07) is 8.33. The minimum absolute atomic E-state index is 0.838. The predicted molar refractivity (Wildman–Crippen MR) is 61.3 cm³/mol. The Hall–Kier alpha value is -1.68. The van der Waals surface area contributed by atoms with Crippen LogP contribution in [-0.4, -0.2) is 15.0 Å². The van der Waals surface area contributed by atoms with Crippen molar-refractivity contribution in [1.29, 1.82) is 0 Å². The molecular weight excluding hydrogens is 200 g/mol. The third-order valence-electron chi connectivity index (χ3n) is 3.01. The van der Waals surface area contributed by atoms with Crippen LogP contribution in [0, 0.1) is 0 Å². The molecule has 0 fully saturated rings. The van der Waals surface area contributed by atoms with E-state index in [4.69, 9.17) is 0 Å². The van der Waals surface area contributed by atoms with Gasteiger partial charge in [-0.05, 0) is 18.1 Å². The normalized spacial score (nSPS) is 14.1. The van der Waals surface area contributed by atoms with E-state index < -0.39 is 0 Å². The number of aryl methyl sites for hydroxylation is 1. The van der Waals surface area contributed by atoms with Gasteiger partial charge in [-0.2, -0.15) is 0 Å². The van der Waals surface area contributed by atoms with Gasteiger partial charge in [0.1, 0.15) is 0 Å². The molecule has 1 aliphatic heterocycles. The first-order valence-electron chi connectivity index (χ1n) is 5.62. The average molecular weight is 214 g/mol. The summed E-state index contributed by atoms with van der Waals surface area (Å²) >= 11 is 0. The molecule has 0 amide bonds. The van der Waals surface area contributed by atoms with Crippen LogP contribution in [0.4, 0.5) is 0 Å². The lowest BCUT2D eigenvalue weighted by atomic mass is 10.2. The Bertz CT molecular complexity index is 515. The van der Waals surface area contributed by atoms with Gasteiger partial charge in [0, 0.05) is 13.1 Å². The van der Waals surface area contributed by atoms with E-state index in [1.165, 1.54) is 11.3 Å². The van der Waals surface area contributed by atoms with Gasteiger partial charge in [0.15, 0.2) is 0 Å². The van der Waals surface area contributed by atoms with Crippen LogP contribution in [0.3, 0.4) is 0 Å². The molecule has 0 bridgehead atoms. The van der Waals surface area contributed by atoms with Crippen molar-refractivity contribution in [3.8, 4) is 5.69 Å². The first kappa shape index (κ1) is 9.54. The molecule has 16 heavy (non-hydrogen) atoms. The molecule has 0 atom stereocenters. The minimum atomic E-state index is 0.838. The molecule has 1 aromatic carbocycles. The summed E-state index contributed by atoms with van der Waals surface area (Å²) in [6.45, 7) is 3.84. The summed E-state index contributed by atoms with van der Waals surface area (Å²) in [4.78, 5) is 0. The van der Waals surface area contributed by atoms with Crippen LogP contribution in [-0.2, 0) is 19.5 Å². The standard InChI is InChI=1S/C12H14N4/c1-2-10-12-8-13-7-9-5-3-4-6-11(9)16(12)15-14-10/h3-6,13H,2,7-8H2,1H3. The second-order valence-electron chi connectivity index (χ2n) is 3.98. The Morgan fingerprint density at radius 1 is 1.31 bits per heavy atom. The number of hydrogen-bond donors (Lipinski definition) is 1. The van der Waals surface area contributed by atoms with Gasteiger partial charge in [0.05, 0.1) is 17.1 Å². The quantitative estimate of drug-likeness (QED) is 0.781. The molecule has 0 aliphatic carbocycles. The van der Waals surface area contributed by atoms with E-state index in [-0.39, 0.29) is 0 Å². The number of nitrogens with zero attached hydrogens (tertiary/aromatic N) is 3. The summed E-state index contributed by atoms with van der Waals surface area (Å²) in [6.07, 6.45) is 0.930. The molecule has 2 aromatic rings. The molecule has 3 rings (SSSR count). The highest BCUT2D eigenvalue weighted by molar-refractivity contribution is 5.42. The largest absolute Gasteiger partial charge is 0.307 e. The number of hydrogen-bond acceptors (Lipinski definition) is 3. The summed E-state index contributed by atoms with van der Waals surface area (Å²) in [7, 11) is 0. The van der Waals surface area contributed by atoms with Gasteiger partial charge in [-0.25, -0.2) is 4.68 Å². The molecule has 1 aliphatic rings. The zero-order chi connectivity index (χ0) is 11.0. The number of fused-ring (bicyclic) bond motifs is 3. The maximum absolute atomic E-state index is 4.26. The molecule has 2 heterocycles. The van der Waals surface area contributed by atoms with Gasteiger partial charge in [-0.3, -0.25) is 0 Å². The zero-order valence-electron chi connectivity index (χ0n) is 9.27. The molecule has 0 spiro atoms. The Kier molecular flexibility index (Phi) is 2.22. The van der Waals surface area contributed by atoms with Crippen molar-refractivity contribution in [2.24, 2.45) is 0 Å². The summed E-state index contributed by atoms with van der Waals surface area (Å²) < 4.78 is 1.97. The highest BCUT2D eigenvalue weighted by Crippen LogP contribution is 2.20. The van der Waals surface area contributed by atoms with Gasteiger partial charge in [-0.1, -0.05) is 30.3 Å². The van der Waals surface area contributed by atoms with Crippen LogP contribution >= 0.6 is 0 Å². The number of nitrogens with one attached hydrogen (secondary N) is 1. The Morgan fingerprint density at radius 3 is 3.06 bits per heavy atom. The number of para-hydroxylation sites is 1. The lowest BCUT2D eigenvalue weighted by Crippen LogP contribution is -2.12. The van der Waals surface area contributed by atoms with Crippen molar-refractivity contribution in [2.45, 2.75) is 26.4 Å². The maximum atomic E-state index is 4.26. The first-order valence-corrected chi connectivity index (χ1v) is 5.62. The summed E-state index contributed by atoms with van der Waals surface area (Å²) in [5, 5.41) is 11.9. The summed E-state index contributed by atoms with van der Waals surface area (Å²) in [5.41, 5.74) is 4.69. The SMILES string of the molecule is CCc1nnn2c1CNCc1ccccc1-2. The van der Waals surface area contributed by atoms with E-state index in [1.54, 1.807) is 0 Å². The van der Waals surface area contributed by atoms with Crippen LogP contribution in [0.15, 0.2) is 24.3 Å². The van der Waals surface area contributed by atoms with Crippen LogP contribution in [0.25, 0.3) is 5.69 Å². The molecule has 82 valence electrons. The van der Waals surface area contributed by atoms with Crippen molar-refractivity contribution in [2.75, 3.05) is 0 Å². The van der Waals surface area contributed by atoms with E-state index in [0.29, 0.717) is 0 Å². The maximum Gasteiger partial charge on any atom is 0.0874 e. The highest BCUT2D eigenvalue weighted by atomic mass is 15.4. The van der Waals surface area contributed by atoms with Crippen molar-refractivity contribution >= 4 is 0 Å². The van der Waals surface area contributed by atoms with Crippen LogP contribution in [0.2, 0.25) is 0 Å². The van der Waals surface area contributed by atoms with Crippen molar-refractivity contribution < 1.29 is 0 Å². The van der Waals surface area contributed by atoms with Crippen molar-refractivity contribution in [3.05, 3.63) is 41.2 Å². The second-order valence-corrected chi connectivity index (χ2v) is 3.98. The van der Waals surface area contributed by atoms with Crippen LogP contribution in [0.1, 0.15) is 23.9 Å². The molecule has 1 N–H and O–H groups in total. The molecule has 0 saturated heterocycles. The first-order chi connectivity index (χ1) is 7.90. The molecule has 1 aromatic heterocycles. The van der Waals surface area contributed by atoms with Gasteiger partial charge < -0.3 is 5.32 Å². The van der Waals surface area contributed by atoms with Crippen molar-refractivity contribution in [1.82, 2.24) is 20.3 Å². The lowest BCUT2D eigenvalue weighted by Gasteiger charge is -2.05. The molecule has 4 nitrogen and oxygen atoms in total. The fraction of sp³-hybridized carbons (Fsp3) is 0.333. The average Bonchev–Trinajstić information content (AvgIpc) is 2.64. The molecular formula is C12H14N4. The molecule has 0 unspecified atom stereocenters. The second kappa shape index (κ2) is 3.72. The summed E-state index contributed by atoms with van der Waals surface area (Å²) in [5.74, 6) is 0.